The van der Waals surface area contributed by atoms with Crippen molar-refractivity contribution in [1.82, 2.24) is 19.8 Å². The first-order valence-corrected chi connectivity index (χ1v) is 16.6. The number of carbonyl (C=O) groups excluding carboxylic acids is 1. The van der Waals surface area contributed by atoms with Crippen molar-refractivity contribution in [2.24, 2.45) is 11.3 Å². The highest BCUT2D eigenvalue weighted by Gasteiger charge is 2.77. The summed E-state index contributed by atoms with van der Waals surface area (Å²) in [6.45, 7) is 4.44. The predicted octanol–water partition coefficient (Wildman–Crippen LogP) is 6.62. The third-order valence-corrected chi connectivity index (χ3v) is 11.9. The van der Waals surface area contributed by atoms with Crippen LogP contribution in [-0.2, 0) is 9.53 Å². The van der Waals surface area contributed by atoms with Crippen LogP contribution in [-0.4, -0.2) is 69.1 Å². The van der Waals surface area contributed by atoms with Crippen LogP contribution in [0.5, 0.6) is 0 Å². The molecule has 7 heterocycles. The van der Waals surface area contributed by atoms with Gasteiger partial charge in [-0.25, -0.2) is 0 Å². The van der Waals surface area contributed by atoms with E-state index in [4.69, 9.17) is 9.72 Å². The van der Waals surface area contributed by atoms with E-state index in [1.54, 1.807) is 0 Å². The number of hydrogen-bond acceptors (Lipinski definition) is 5. The van der Waals surface area contributed by atoms with Crippen LogP contribution in [0.15, 0.2) is 54.8 Å². The number of pyridine rings is 1. The minimum absolute atomic E-state index is 0.0988. The van der Waals surface area contributed by atoms with Crippen LogP contribution < -0.4 is 0 Å². The van der Waals surface area contributed by atoms with Gasteiger partial charge in [-0.3, -0.25) is 14.7 Å². The van der Waals surface area contributed by atoms with Crippen LogP contribution in [0.4, 0.5) is 0 Å². The van der Waals surface area contributed by atoms with Crippen molar-refractivity contribution in [2.45, 2.75) is 88.0 Å². The fraction of sp³-hybridized carbons (Fsp3) is 0.556. The summed E-state index contributed by atoms with van der Waals surface area (Å²) in [4.78, 5) is 27.3. The fourth-order valence-corrected chi connectivity index (χ4v) is 10.5. The first-order valence-electron chi connectivity index (χ1n) is 16.6. The lowest BCUT2D eigenvalue weighted by molar-refractivity contribution is -0.180. The summed E-state index contributed by atoms with van der Waals surface area (Å²) in [5.74, 6) is 0.850. The molecule has 5 aliphatic heterocycles. The van der Waals surface area contributed by atoms with Gasteiger partial charge in [0, 0.05) is 53.8 Å². The number of allylic oxidation sites excluding steroid dienone is 3. The number of ether oxygens (including phenoxy) is 1. The quantitative estimate of drug-likeness (QED) is 0.338. The van der Waals surface area contributed by atoms with E-state index in [2.05, 4.69) is 63.3 Å². The molecule has 2 aromatic heterocycles. The topological polar surface area (TPSA) is 61.5 Å². The third-order valence-electron chi connectivity index (χ3n) is 11.9. The molecule has 0 radical (unpaired) electrons. The first-order chi connectivity index (χ1) is 20.6. The molecule has 3 aromatic rings. The number of Topliss-reactive ketones (excluding diaryl/α,β-unsaturated/α-hetero) is 1. The minimum Gasteiger partial charge on any atom is -0.353 e. The van der Waals surface area contributed by atoms with Crippen molar-refractivity contribution in [3.05, 3.63) is 60.5 Å². The Morgan fingerprint density at radius 1 is 0.952 bits per heavy atom. The molecule has 1 aromatic carbocycles. The Bertz CT molecular complexity index is 1640. The minimum atomic E-state index is -0.366. The van der Waals surface area contributed by atoms with Gasteiger partial charge in [0.2, 0.25) is 0 Å². The molecule has 6 atom stereocenters. The normalized spacial score (nSPS) is 39.2. The monoisotopic (exact) mass is 562 g/mol. The smallest absolute Gasteiger partial charge is 0.133 e. The van der Waals surface area contributed by atoms with E-state index in [9.17, 15) is 4.79 Å². The highest BCUT2D eigenvalue weighted by Crippen LogP contribution is 2.70. The Balaban J connectivity index is 1.27. The molecule has 1 N–H and O–H groups in total. The molecule has 42 heavy (non-hydrogen) atoms. The number of carbonyl (C=O) groups is 1. The molecule has 1 aliphatic carbocycles. The van der Waals surface area contributed by atoms with Gasteiger partial charge in [0.25, 0.3) is 0 Å². The molecule has 5 bridgehead atoms. The van der Waals surface area contributed by atoms with Crippen LogP contribution in [0.25, 0.3) is 27.4 Å². The third kappa shape index (κ3) is 3.55. The number of piperidine rings is 1. The number of aromatic nitrogens is 2. The average Bonchev–Trinajstić information content (AvgIpc) is 3.58. The van der Waals surface area contributed by atoms with E-state index in [-0.39, 0.29) is 16.7 Å². The number of nitrogens with one attached hydrogen (secondary N) is 1. The lowest BCUT2D eigenvalue weighted by Gasteiger charge is -2.59. The van der Waals surface area contributed by atoms with Gasteiger partial charge in [0.05, 0.1) is 17.3 Å². The summed E-state index contributed by atoms with van der Waals surface area (Å²) in [5.41, 5.74) is 4.28. The molecule has 4 fully saturated rings. The lowest BCUT2D eigenvalue weighted by atomic mass is 9.53. The van der Waals surface area contributed by atoms with Gasteiger partial charge in [0.1, 0.15) is 17.1 Å². The maximum atomic E-state index is 12.8. The number of fused-ring (bicyclic) bond motifs is 4. The summed E-state index contributed by atoms with van der Waals surface area (Å²) in [6.07, 6.45) is 20.5. The van der Waals surface area contributed by atoms with Crippen molar-refractivity contribution < 1.29 is 9.53 Å². The van der Waals surface area contributed by atoms with E-state index >= 15 is 0 Å². The molecule has 4 saturated heterocycles. The van der Waals surface area contributed by atoms with Crippen molar-refractivity contribution >= 4 is 33.2 Å². The summed E-state index contributed by atoms with van der Waals surface area (Å²) in [6, 6.07) is 11.2. The Morgan fingerprint density at radius 3 is 2.86 bits per heavy atom. The van der Waals surface area contributed by atoms with E-state index in [1.165, 1.54) is 47.7 Å². The van der Waals surface area contributed by atoms with Crippen LogP contribution in [0.1, 0.15) is 76.3 Å². The summed E-state index contributed by atoms with van der Waals surface area (Å²) < 4.78 is 7.53. The van der Waals surface area contributed by atoms with Gasteiger partial charge >= 0.3 is 0 Å². The average molecular weight is 563 g/mol. The Kier molecular flexibility index (Phi) is 5.71. The number of rotatable bonds is 1. The Hall–Kier alpha value is -2.80. The summed E-state index contributed by atoms with van der Waals surface area (Å²) >= 11 is 0. The molecule has 0 amide bonds. The molecule has 218 valence electrons. The second-order valence-corrected chi connectivity index (χ2v) is 14.1. The van der Waals surface area contributed by atoms with Gasteiger partial charge in [-0.15, -0.1) is 0 Å². The van der Waals surface area contributed by atoms with Crippen molar-refractivity contribution in [2.75, 3.05) is 26.2 Å². The zero-order valence-electron chi connectivity index (χ0n) is 24.6. The summed E-state index contributed by atoms with van der Waals surface area (Å²) in [7, 11) is 0. The number of benzene rings is 1. The molecule has 1 spiro atoms. The molecule has 0 saturated carbocycles. The van der Waals surface area contributed by atoms with Crippen molar-refractivity contribution in [1.29, 1.82) is 0 Å². The molecule has 2 unspecified atom stereocenters. The number of para-hydroxylation sites is 1. The standard InChI is InChI=1S/C36H42N4O2/c41-25-10-9-20-40-33-34-23-36(40,17-13-25)42-35(33)16-7-3-1-2-4-8-19-39(24-34)21-15-29(34)28(22-35)31-32-27(14-18-37-31)26-11-5-6-12-30(26)38-32/h1,3,5-6,11-12,14,18,22,29,33,38H,2,4,7-10,13,15-17,19-21,23-24H2/b3-1-/t29?,33-,34+,35+,36-/m0/s1. The van der Waals surface area contributed by atoms with E-state index < -0.39 is 0 Å². The van der Waals surface area contributed by atoms with Gasteiger partial charge in [-0.05, 0) is 101 Å². The van der Waals surface area contributed by atoms with E-state index in [0.29, 0.717) is 30.6 Å². The lowest BCUT2D eigenvalue weighted by Crippen LogP contribution is -2.65. The second kappa shape index (κ2) is 9.35. The van der Waals surface area contributed by atoms with Crippen LogP contribution in [0.3, 0.4) is 0 Å². The zero-order valence-corrected chi connectivity index (χ0v) is 24.6. The molecule has 6 aliphatic rings. The maximum absolute atomic E-state index is 12.8. The Morgan fingerprint density at radius 2 is 1.88 bits per heavy atom. The second-order valence-electron chi connectivity index (χ2n) is 14.1. The van der Waals surface area contributed by atoms with Gasteiger partial charge in [-0.2, -0.15) is 0 Å². The molecule has 9 rings (SSSR count). The fourth-order valence-electron chi connectivity index (χ4n) is 10.5. The number of ketones is 1. The highest BCUT2D eigenvalue weighted by atomic mass is 16.6. The summed E-state index contributed by atoms with van der Waals surface area (Å²) in [5, 5.41) is 2.52. The van der Waals surface area contributed by atoms with E-state index in [1.807, 2.05) is 6.20 Å². The van der Waals surface area contributed by atoms with Gasteiger partial charge in [-0.1, -0.05) is 30.4 Å². The van der Waals surface area contributed by atoms with Crippen molar-refractivity contribution in [3.63, 3.8) is 0 Å². The number of H-pyrrole nitrogens is 1. The van der Waals surface area contributed by atoms with Crippen molar-refractivity contribution in [3.8, 4) is 0 Å². The highest BCUT2D eigenvalue weighted by molar-refractivity contribution is 6.09. The van der Waals surface area contributed by atoms with Crippen LogP contribution >= 0.6 is 0 Å². The molecular formula is C36H42N4O2. The number of hydrogen-bond donors (Lipinski definition) is 1. The van der Waals surface area contributed by atoms with Gasteiger partial charge in [0.15, 0.2) is 0 Å². The maximum Gasteiger partial charge on any atom is 0.133 e. The van der Waals surface area contributed by atoms with Gasteiger partial charge < -0.3 is 14.6 Å². The van der Waals surface area contributed by atoms with E-state index in [0.717, 1.165) is 69.4 Å². The molecular weight excluding hydrogens is 520 g/mol. The Labute approximate surface area is 248 Å². The van der Waals surface area contributed by atoms with Crippen LogP contribution in [0.2, 0.25) is 0 Å². The van der Waals surface area contributed by atoms with Crippen LogP contribution in [0, 0.1) is 11.3 Å². The number of aromatic amines is 1. The first kappa shape index (κ1) is 25.7. The predicted molar refractivity (Wildman–Crippen MR) is 166 cm³/mol. The molecule has 6 heteroatoms. The SMILES string of the molecule is O=C1CCCN2[C@H]3[C@]45CN6CCCC/C=C\CC[C@]3(C=C(c3nccc7c3[nH]c3ccccc37)C4CC6)O[C@@]2(CC1)C5. The molecule has 6 nitrogen and oxygen atoms in total. The zero-order chi connectivity index (χ0) is 27.9. The number of nitrogens with zero attached hydrogens (tertiary/aromatic N) is 3. The largest absolute Gasteiger partial charge is 0.353 e.